The van der Waals surface area contributed by atoms with Crippen LogP contribution in [0.4, 0.5) is 13.2 Å². The van der Waals surface area contributed by atoms with Gasteiger partial charge >= 0.3 is 6.18 Å². The summed E-state index contributed by atoms with van der Waals surface area (Å²) in [6.45, 7) is 2.81. The second-order valence-corrected chi connectivity index (χ2v) is 5.48. The zero-order valence-electron chi connectivity index (χ0n) is 11.7. The molecule has 1 N–H and O–H groups in total. The first-order chi connectivity index (χ1) is 9.45. The van der Waals surface area contributed by atoms with E-state index in [4.69, 9.17) is 0 Å². The summed E-state index contributed by atoms with van der Waals surface area (Å²) in [5.41, 5.74) is 0.364. The lowest BCUT2D eigenvalue weighted by Crippen LogP contribution is -2.31. The van der Waals surface area contributed by atoms with Crippen molar-refractivity contribution in [2.24, 2.45) is 0 Å². The second kappa shape index (κ2) is 6.59. The fourth-order valence-corrected chi connectivity index (χ4v) is 2.04. The van der Waals surface area contributed by atoms with E-state index in [1.165, 1.54) is 12.8 Å². The normalized spacial score (nSPS) is 15.8. The zero-order valence-corrected chi connectivity index (χ0v) is 11.7. The number of benzene rings is 1. The minimum atomic E-state index is -4.25. The molecule has 1 aliphatic rings. The molecule has 2 rings (SSSR count). The van der Waals surface area contributed by atoms with Crippen LogP contribution in [0.1, 0.15) is 24.0 Å². The lowest BCUT2D eigenvalue weighted by molar-refractivity contribution is -0.137. The molecule has 0 heterocycles. The number of likely N-dealkylation sites (N-methyl/N-ethyl adjacent to an activating group) is 1. The van der Waals surface area contributed by atoms with Crippen LogP contribution in [0.2, 0.25) is 0 Å². The van der Waals surface area contributed by atoms with Gasteiger partial charge in [0.15, 0.2) is 0 Å². The fraction of sp³-hybridized carbons (Fsp3) is 0.600. The molecule has 1 saturated carbocycles. The van der Waals surface area contributed by atoms with Crippen LogP contribution in [0.25, 0.3) is 0 Å². The van der Waals surface area contributed by atoms with Crippen LogP contribution >= 0.6 is 0 Å². The Hall–Kier alpha value is -1.07. The van der Waals surface area contributed by atoms with Gasteiger partial charge in [-0.3, -0.25) is 0 Å². The third-order valence-electron chi connectivity index (χ3n) is 3.57. The summed E-state index contributed by atoms with van der Waals surface area (Å²) in [6, 6.07) is 6.17. The van der Waals surface area contributed by atoms with Crippen LogP contribution in [-0.2, 0) is 12.6 Å². The van der Waals surface area contributed by atoms with Crippen molar-refractivity contribution < 1.29 is 13.2 Å². The maximum atomic E-state index is 12.4. The Morgan fingerprint density at radius 1 is 1.15 bits per heavy atom. The molecule has 1 aromatic rings. The maximum absolute atomic E-state index is 12.4. The first kappa shape index (κ1) is 15.3. The van der Waals surface area contributed by atoms with E-state index in [1.54, 1.807) is 12.1 Å². The van der Waals surface area contributed by atoms with E-state index < -0.39 is 11.7 Å². The van der Waals surface area contributed by atoms with Crippen LogP contribution in [0, 0.1) is 0 Å². The molecule has 20 heavy (non-hydrogen) atoms. The van der Waals surface area contributed by atoms with Crippen molar-refractivity contribution in [3.63, 3.8) is 0 Å². The van der Waals surface area contributed by atoms with Gasteiger partial charge < -0.3 is 10.2 Å². The molecule has 0 unspecified atom stereocenters. The first-order valence-corrected chi connectivity index (χ1v) is 7.03. The number of nitrogens with one attached hydrogen (secondary N) is 1. The van der Waals surface area contributed by atoms with Crippen molar-refractivity contribution >= 4 is 0 Å². The van der Waals surface area contributed by atoms with Gasteiger partial charge in [0, 0.05) is 25.7 Å². The van der Waals surface area contributed by atoms with Gasteiger partial charge in [-0.1, -0.05) is 12.1 Å². The molecule has 0 atom stereocenters. The van der Waals surface area contributed by atoms with Gasteiger partial charge in [0.2, 0.25) is 0 Å². The molecule has 0 saturated heterocycles. The number of hydrogen-bond acceptors (Lipinski definition) is 2. The van der Waals surface area contributed by atoms with E-state index in [1.807, 2.05) is 7.05 Å². The highest BCUT2D eigenvalue weighted by Crippen LogP contribution is 2.29. The minimum Gasteiger partial charge on any atom is -0.313 e. The average Bonchev–Trinajstić information content (AvgIpc) is 3.20. The largest absolute Gasteiger partial charge is 0.416 e. The first-order valence-electron chi connectivity index (χ1n) is 7.03. The number of alkyl halides is 3. The Kier molecular flexibility index (Phi) is 5.05. The van der Waals surface area contributed by atoms with Crippen molar-refractivity contribution in [3.8, 4) is 0 Å². The molecule has 112 valence electrons. The van der Waals surface area contributed by atoms with E-state index in [2.05, 4.69) is 10.2 Å². The van der Waals surface area contributed by atoms with Crippen molar-refractivity contribution in [1.29, 1.82) is 0 Å². The van der Waals surface area contributed by atoms with E-state index in [0.29, 0.717) is 0 Å². The van der Waals surface area contributed by atoms with E-state index in [9.17, 15) is 13.2 Å². The van der Waals surface area contributed by atoms with Crippen molar-refractivity contribution in [3.05, 3.63) is 35.4 Å². The lowest BCUT2D eigenvalue weighted by Gasteiger charge is -2.17. The fourth-order valence-electron chi connectivity index (χ4n) is 2.04. The number of halogens is 3. The van der Waals surface area contributed by atoms with Crippen molar-refractivity contribution in [2.45, 2.75) is 31.5 Å². The smallest absolute Gasteiger partial charge is 0.313 e. The van der Waals surface area contributed by atoms with Crippen LogP contribution < -0.4 is 5.32 Å². The molecule has 0 aromatic heterocycles. The summed E-state index contributed by atoms with van der Waals surface area (Å²) >= 11 is 0. The molecule has 0 radical (unpaired) electrons. The standard InChI is InChI=1S/C15H21F3N2/c1-20(11-9-19-14-6-7-14)10-8-12-2-4-13(5-3-12)15(16,17)18/h2-5,14,19H,6-11H2,1H3. The summed E-state index contributed by atoms with van der Waals surface area (Å²) in [4.78, 5) is 2.20. The van der Waals surface area contributed by atoms with Gasteiger partial charge in [-0.25, -0.2) is 0 Å². The predicted octanol–water partition coefficient (Wildman–Crippen LogP) is 2.93. The molecule has 2 nitrogen and oxygen atoms in total. The molecule has 1 aliphatic carbocycles. The summed E-state index contributed by atoms with van der Waals surface area (Å²) in [7, 11) is 2.04. The predicted molar refractivity (Wildman–Crippen MR) is 73.7 cm³/mol. The SMILES string of the molecule is CN(CCNC1CC1)CCc1ccc(C(F)(F)F)cc1. The Balaban J connectivity index is 1.69. The number of hydrogen-bond donors (Lipinski definition) is 1. The highest BCUT2D eigenvalue weighted by Gasteiger charge is 2.29. The van der Waals surface area contributed by atoms with Crippen molar-refractivity contribution in [1.82, 2.24) is 10.2 Å². The van der Waals surface area contributed by atoms with Crippen LogP contribution in [0.15, 0.2) is 24.3 Å². The Bertz CT molecular complexity index is 410. The molecular formula is C15H21F3N2. The minimum absolute atomic E-state index is 0.580. The Morgan fingerprint density at radius 3 is 2.35 bits per heavy atom. The molecule has 0 spiro atoms. The summed E-state index contributed by atoms with van der Waals surface area (Å²) in [5.74, 6) is 0. The third kappa shape index (κ3) is 5.13. The van der Waals surface area contributed by atoms with Crippen LogP contribution in [0.3, 0.4) is 0 Å². The second-order valence-electron chi connectivity index (χ2n) is 5.48. The van der Waals surface area contributed by atoms with Gasteiger partial charge in [-0.05, 0) is 44.0 Å². The highest BCUT2D eigenvalue weighted by molar-refractivity contribution is 5.24. The number of nitrogens with zero attached hydrogens (tertiary/aromatic N) is 1. The van der Waals surface area contributed by atoms with Crippen LogP contribution in [-0.4, -0.2) is 37.6 Å². The highest BCUT2D eigenvalue weighted by atomic mass is 19.4. The van der Waals surface area contributed by atoms with Gasteiger partial charge in [-0.2, -0.15) is 13.2 Å². The molecule has 1 aromatic carbocycles. The Morgan fingerprint density at radius 2 is 1.80 bits per heavy atom. The maximum Gasteiger partial charge on any atom is 0.416 e. The quantitative estimate of drug-likeness (QED) is 0.829. The molecule has 0 amide bonds. The third-order valence-corrected chi connectivity index (χ3v) is 3.57. The van der Waals surface area contributed by atoms with E-state index in [0.717, 1.165) is 49.8 Å². The molecule has 1 fully saturated rings. The molecular weight excluding hydrogens is 265 g/mol. The van der Waals surface area contributed by atoms with E-state index >= 15 is 0 Å². The molecule has 0 bridgehead atoms. The summed E-state index contributed by atoms with van der Waals surface area (Å²) in [5, 5.41) is 3.44. The summed E-state index contributed by atoms with van der Waals surface area (Å²) < 4.78 is 37.3. The van der Waals surface area contributed by atoms with Gasteiger partial charge in [-0.15, -0.1) is 0 Å². The van der Waals surface area contributed by atoms with Gasteiger partial charge in [0.1, 0.15) is 0 Å². The Labute approximate surface area is 118 Å². The van der Waals surface area contributed by atoms with Gasteiger partial charge in [0.25, 0.3) is 0 Å². The number of rotatable bonds is 7. The van der Waals surface area contributed by atoms with E-state index in [-0.39, 0.29) is 0 Å². The molecule has 5 heteroatoms. The monoisotopic (exact) mass is 286 g/mol. The van der Waals surface area contributed by atoms with Gasteiger partial charge in [0.05, 0.1) is 5.56 Å². The van der Waals surface area contributed by atoms with Crippen molar-refractivity contribution in [2.75, 3.05) is 26.7 Å². The lowest BCUT2D eigenvalue weighted by atomic mass is 10.1. The molecule has 0 aliphatic heterocycles. The topological polar surface area (TPSA) is 15.3 Å². The zero-order chi connectivity index (χ0) is 14.6. The average molecular weight is 286 g/mol. The summed E-state index contributed by atoms with van der Waals surface area (Å²) in [6.07, 6.45) is -0.896. The van der Waals surface area contributed by atoms with Crippen LogP contribution in [0.5, 0.6) is 0 Å².